The lowest BCUT2D eigenvalue weighted by Crippen LogP contribution is -2.55. The molecule has 0 amide bonds. The van der Waals surface area contributed by atoms with Gasteiger partial charge in [-0.25, -0.2) is 4.79 Å². The second-order valence-corrected chi connectivity index (χ2v) is 8.48. The van der Waals surface area contributed by atoms with Gasteiger partial charge in [0.1, 0.15) is 0 Å². The van der Waals surface area contributed by atoms with Gasteiger partial charge in [-0.15, -0.1) is 0 Å². The number of carboxylic acids is 1. The van der Waals surface area contributed by atoms with Crippen LogP contribution in [0.3, 0.4) is 0 Å². The molecule has 2 unspecified atom stereocenters. The van der Waals surface area contributed by atoms with Crippen molar-refractivity contribution in [2.45, 2.75) is 38.2 Å². The van der Waals surface area contributed by atoms with Crippen LogP contribution in [0, 0.1) is 18.8 Å². The monoisotopic (exact) mass is 379 g/mol. The molecule has 2 aromatic carbocycles. The Morgan fingerprint density at radius 1 is 1.14 bits per heavy atom. The van der Waals surface area contributed by atoms with Crippen molar-refractivity contribution in [3.8, 4) is 0 Å². The van der Waals surface area contributed by atoms with E-state index in [0.717, 1.165) is 49.2 Å². The van der Waals surface area contributed by atoms with Gasteiger partial charge in [-0.3, -0.25) is 0 Å². The average molecular weight is 380 g/mol. The van der Waals surface area contributed by atoms with E-state index in [1.807, 2.05) is 43.3 Å². The van der Waals surface area contributed by atoms with E-state index in [2.05, 4.69) is 4.90 Å². The lowest BCUT2D eigenvalue weighted by molar-refractivity contribution is -0.106. The first-order valence-corrected chi connectivity index (χ1v) is 10.3. The first kappa shape index (κ1) is 19.2. The highest BCUT2D eigenvalue weighted by Crippen LogP contribution is 2.45. The average Bonchev–Trinajstić information content (AvgIpc) is 2.74. The van der Waals surface area contributed by atoms with E-state index in [1.54, 1.807) is 12.1 Å². The maximum Gasteiger partial charge on any atom is 0.335 e. The van der Waals surface area contributed by atoms with Crippen molar-refractivity contribution < 1.29 is 15.0 Å². The number of aromatic carboxylic acids is 1. The van der Waals surface area contributed by atoms with Gasteiger partial charge < -0.3 is 15.1 Å². The summed E-state index contributed by atoms with van der Waals surface area (Å²) in [6, 6.07) is 15.3. The molecule has 2 N–H and O–H groups in total. The van der Waals surface area contributed by atoms with Crippen molar-refractivity contribution in [3.63, 3.8) is 0 Å². The lowest BCUT2D eigenvalue weighted by Gasteiger charge is -2.51. The molecule has 5 rings (SSSR count). The van der Waals surface area contributed by atoms with Crippen LogP contribution in [0.15, 0.2) is 48.5 Å². The van der Waals surface area contributed by atoms with Gasteiger partial charge in [0.05, 0.1) is 11.2 Å². The Morgan fingerprint density at radius 3 is 2.46 bits per heavy atom. The predicted octanol–water partition coefficient (Wildman–Crippen LogP) is 3.86. The van der Waals surface area contributed by atoms with Gasteiger partial charge in [0.2, 0.25) is 0 Å². The summed E-state index contributed by atoms with van der Waals surface area (Å²) in [4.78, 5) is 13.8. The minimum Gasteiger partial charge on any atom is -0.478 e. The number of aliphatic hydroxyl groups is 1. The van der Waals surface area contributed by atoms with Crippen LogP contribution in [0.5, 0.6) is 0 Å². The molecule has 3 aliphatic heterocycles. The largest absolute Gasteiger partial charge is 0.478 e. The summed E-state index contributed by atoms with van der Waals surface area (Å²) in [6.45, 7) is 5.25. The smallest absolute Gasteiger partial charge is 0.335 e. The second kappa shape index (κ2) is 7.69. The molecular weight excluding hydrogens is 350 g/mol. The number of hydrogen-bond acceptors (Lipinski definition) is 3. The molecule has 4 nitrogen and oxygen atoms in total. The summed E-state index contributed by atoms with van der Waals surface area (Å²) < 4.78 is 0. The molecule has 3 heterocycles. The zero-order valence-electron chi connectivity index (χ0n) is 16.5. The Bertz CT molecular complexity index is 842. The summed E-state index contributed by atoms with van der Waals surface area (Å²) in [5.74, 6) is -0.126. The fourth-order valence-corrected chi connectivity index (χ4v) is 5.18. The topological polar surface area (TPSA) is 60.8 Å². The summed E-state index contributed by atoms with van der Waals surface area (Å²) in [6.07, 6.45) is 3.60. The molecule has 0 aromatic heterocycles. The van der Waals surface area contributed by atoms with Gasteiger partial charge in [0, 0.05) is 12.5 Å². The molecule has 3 saturated heterocycles. The second-order valence-electron chi connectivity index (χ2n) is 8.48. The van der Waals surface area contributed by atoms with E-state index in [9.17, 15) is 15.0 Å². The molecule has 2 atom stereocenters. The number of nitrogens with zero attached hydrogens (tertiary/aromatic N) is 1. The molecule has 0 aliphatic carbocycles. The van der Waals surface area contributed by atoms with E-state index in [-0.39, 0.29) is 5.92 Å². The summed E-state index contributed by atoms with van der Waals surface area (Å²) in [7, 11) is 0. The number of carbonyl (C=O) groups is 1. The Kier molecular flexibility index (Phi) is 5.26. The zero-order valence-corrected chi connectivity index (χ0v) is 16.5. The summed E-state index contributed by atoms with van der Waals surface area (Å²) in [5, 5.41) is 21.3. The van der Waals surface area contributed by atoms with Crippen LogP contribution >= 0.6 is 0 Å². The quantitative estimate of drug-likeness (QED) is 0.800. The normalized spacial score (nSPS) is 26.0. The number of piperidine rings is 3. The molecule has 2 aromatic rings. The van der Waals surface area contributed by atoms with Gasteiger partial charge in [-0.1, -0.05) is 36.4 Å². The highest BCUT2D eigenvalue weighted by Gasteiger charge is 2.47. The number of aryl methyl sites for hydroxylation is 2. The first-order chi connectivity index (χ1) is 13.5. The van der Waals surface area contributed by atoms with Gasteiger partial charge in [-0.2, -0.15) is 0 Å². The number of rotatable bonds is 6. The van der Waals surface area contributed by atoms with Crippen LogP contribution in [0.2, 0.25) is 0 Å². The summed E-state index contributed by atoms with van der Waals surface area (Å²) >= 11 is 0. The molecule has 3 fully saturated rings. The van der Waals surface area contributed by atoms with Crippen molar-refractivity contribution in [2.24, 2.45) is 11.8 Å². The lowest BCUT2D eigenvalue weighted by atomic mass is 9.66. The number of benzene rings is 2. The van der Waals surface area contributed by atoms with Gasteiger partial charge >= 0.3 is 5.97 Å². The van der Waals surface area contributed by atoms with E-state index in [0.29, 0.717) is 24.3 Å². The molecule has 2 bridgehead atoms. The molecule has 0 radical (unpaired) electrons. The molecular formula is C24H29NO3. The predicted molar refractivity (Wildman–Crippen MR) is 109 cm³/mol. The van der Waals surface area contributed by atoms with Crippen LogP contribution in [0.25, 0.3) is 0 Å². The minimum atomic E-state index is -0.906. The Balaban J connectivity index is 1.64. The van der Waals surface area contributed by atoms with Crippen molar-refractivity contribution in [1.82, 2.24) is 4.90 Å². The van der Waals surface area contributed by atoms with Crippen LogP contribution in [0.1, 0.15) is 46.3 Å². The van der Waals surface area contributed by atoms with Gasteiger partial charge in [-0.05, 0) is 80.4 Å². The van der Waals surface area contributed by atoms with Crippen LogP contribution in [-0.4, -0.2) is 40.7 Å². The van der Waals surface area contributed by atoms with Crippen LogP contribution < -0.4 is 0 Å². The van der Waals surface area contributed by atoms with E-state index < -0.39 is 11.6 Å². The Hall–Kier alpha value is -2.17. The molecule has 0 saturated carbocycles. The van der Waals surface area contributed by atoms with E-state index in [1.165, 1.54) is 0 Å². The van der Waals surface area contributed by atoms with Crippen LogP contribution in [-0.2, 0) is 12.0 Å². The third-order valence-electron chi connectivity index (χ3n) is 6.91. The van der Waals surface area contributed by atoms with Gasteiger partial charge in [0.15, 0.2) is 0 Å². The highest BCUT2D eigenvalue weighted by atomic mass is 16.4. The van der Waals surface area contributed by atoms with E-state index >= 15 is 0 Å². The number of hydrogen-bond donors (Lipinski definition) is 2. The van der Waals surface area contributed by atoms with Crippen molar-refractivity contribution in [3.05, 3.63) is 70.8 Å². The molecule has 3 aliphatic rings. The highest BCUT2D eigenvalue weighted by molar-refractivity contribution is 5.87. The first-order valence-electron chi connectivity index (χ1n) is 10.3. The number of carboxylic acid groups (broad SMARTS) is 1. The van der Waals surface area contributed by atoms with E-state index in [4.69, 9.17) is 0 Å². The summed E-state index contributed by atoms with van der Waals surface area (Å²) in [5.41, 5.74) is 2.49. The zero-order chi connectivity index (χ0) is 19.7. The maximum atomic E-state index is 12.0. The van der Waals surface area contributed by atoms with Crippen LogP contribution in [0.4, 0.5) is 0 Å². The Labute approximate surface area is 166 Å². The Morgan fingerprint density at radius 2 is 1.86 bits per heavy atom. The van der Waals surface area contributed by atoms with Crippen molar-refractivity contribution in [1.29, 1.82) is 0 Å². The molecule has 148 valence electrons. The fraction of sp³-hybridized carbons (Fsp3) is 0.458. The fourth-order valence-electron chi connectivity index (χ4n) is 5.18. The molecule has 28 heavy (non-hydrogen) atoms. The van der Waals surface area contributed by atoms with Crippen molar-refractivity contribution in [2.75, 3.05) is 19.6 Å². The SMILES string of the molecule is Cc1ccc(C(=O)O)cc1CCC(O)(c1ccccc1)C1CN2CCC1CC2. The number of fused-ring (bicyclic) bond motifs is 3. The molecule has 4 heteroatoms. The third-order valence-corrected chi connectivity index (χ3v) is 6.91. The minimum absolute atomic E-state index is 0.223. The van der Waals surface area contributed by atoms with Gasteiger partial charge in [0.25, 0.3) is 0 Å². The standard InChI is InChI=1S/C24H29NO3/c1-17-7-8-20(23(26)27)15-19(17)9-12-24(28,21-5-3-2-4-6-21)22-16-25-13-10-18(22)11-14-25/h2-8,15,18,22,28H,9-14,16H2,1H3,(H,26,27). The molecule has 0 spiro atoms. The third kappa shape index (κ3) is 3.59. The maximum absolute atomic E-state index is 12.0. The van der Waals surface area contributed by atoms with Crippen molar-refractivity contribution >= 4 is 5.97 Å².